The number of carbonyl (C=O) groups is 2. The van der Waals surface area contributed by atoms with Gasteiger partial charge in [-0.1, -0.05) is 26.0 Å². The molecule has 0 N–H and O–H groups in total. The van der Waals surface area contributed by atoms with Crippen molar-refractivity contribution < 1.29 is 14.0 Å². The molecule has 1 heterocycles. The summed E-state index contributed by atoms with van der Waals surface area (Å²) in [6.45, 7) is 4.05. The summed E-state index contributed by atoms with van der Waals surface area (Å²) in [5, 5.41) is 0. The number of carbonyl (C=O) groups excluding carboxylic acids is 2. The first kappa shape index (κ1) is 20.2. The van der Waals surface area contributed by atoms with E-state index in [4.69, 9.17) is 4.98 Å². The van der Waals surface area contributed by atoms with Crippen LogP contribution in [0.1, 0.15) is 36.6 Å². The lowest BCUT2D eigenvalue weighted by molar-refractivity contribution is -0.104. The summed E-state index contributed by atoms with van der Waals surface area (Å²) >= 11 is 0. The summed E-state index contributed by atoms with van der Waals surface area (Å²) in [4.78, 5) is 28.6. The number of benzene rings is 1. The molecule has 0 amide bonds. The Morgan fingerprint density at radius 3 is 2.00 bits per heavy atom. The summed E-state index contributed by atoms with van der Waals surface area (Å²) in [5.41, 5.74) is 3.90. The predicted octanol–water partition coefficient (Wildman–Crippen LogP) is 4.50. The standard InChI is InChI=1S/C22H23FN2O2/c1-15(2)21-18(7-5-13-26)20(16-9-11-17(23)12-10-16)19(8-6-14-27)22(24-21)25(3)4/h5-15H,1-4H3. The second-order valence-electron chi connectivity index (χ2n) is 6.57. The van der Waals surface area contributed by atoms with Gasteiger partial charge in [-0.25, -0.2) is 9.37 Å². The molecule has 0 spiro atoms. The van der Waals surface area contributed by atoms with E-state index in [0.29, 0.717) is 18.4 Å². The highest BCUT2D eigenvalue weighted by Gasteiger charge is 2.21. The van der Waals surface area contributed by atoms with Crippen molar-refractivity contribution >= 4 is 30.5 Å². The van der Waals surface area contributed by atoms with Gasteiger partial charge in [0.2, 0.25) is 0 Å². The minimum Gasteiger partial charge on any atom is -0.362 e. The predicted molar refractivity (Wildman–Crippen MR) is 108 cm³/mol. The molecule has 5 heteroatoms. The maximum absolute atomic E-state index is 13.5. The normalized spacial score (nSPS) is 11.5. The van der Waals surface area contributed by atoms with Crippen LogP contribution < -0.4 is 4.90 Å². The van der Waals surface area contributed by atoms with Crippen LogP contribution in [-0.2, 0) is 9.59 Å². The number of nitrogens with zero attached hydrogens (tertiary/aromatic N) is 2. The molecule has 0 aliphatic rings. The van der Waals surface area contributed by atoms with E-state index < -0.39 is 0 Å². The van der Waals surface area contributed by atoms with Crippen LogP contribution in [-0.4, -0.2) is 31.7 Å². The van der Waals surface area contributed by atoms with E-state index in [2.05, 4.69) is 0 Å². The Bertz CT molecular complexity index is 834. The Morgan fingerprint density at radius 1 is 0.963 bits per heavy atom. The summed E-state index contributed by atoms with van der Waals surface area (Å²) < 4.78 is 13.5. The van der Waals surface area contributed by atoms with E-state index in [1.165, 1.54) is 24.3 Å². The largest absolute Gasteiger partial charge is 0.362 e. The van der Waals surface area contributed by atoms with Crippen LogP contribution in [0.3, 0.4) is 0 Å². The molecule has 0 saturated heterocycles. The van der Waals surface area contributed by atoms with Crippen molar-refractivity contribution in [3.63, 3.8) is 0 Å². The second kappa shape index (κ2) is 9.03. The smallest absolute Gasteiger partial charge is 0.142 e. The minimum absolute atomic E-state index is 0.0956. The first-order valence-corrected chi connectivity index (χ1v) is 8.65. The Morgan fingerprint density at radius 2 is 1.52 bits per heavy atom. The van der Waals surface area contributed by atoms with Gasteiger partial charge in [0.15, 0.2) is 0 Å². The number of halogens is 1. The zero-order valence-electron chi connectivity index (χ0n) is 15.9. The number of pyridine rings is 1. The number of anilines is 1. The molecule has 4 nitrogen and oxygen atoms in total. The summed E-state index contributed by atoms with van der Waals surface area (Å²) in [6.07, 6.45) is 7.63. The number of hydrogen-bond acceptors (Lipinski definition) is 4. The van der Waals surface area contributed by atoms with Crippen LogP contribution in [0.2, 0.25) is 0 Å². The minimum atomic E-state index is -0.334. The van der Waals surface area contributed by atoms with Crippen LogP contribution in [0, 0.1) is 5.82 Å². The van der Waals surface area contributed by atoms with E-state index >= 15 is 0 Å². The zero-order valence-corrected chi connectivity index (χ0v) is 15.9. The molecule has 0 aliphatic carbocycles. The van der Waals surface area contributed by atoms with Crippen LogP contribution in [0.4, 0.5) is 10.2 Å². The molecule has 0 bridgehead atoms. The fourth-order valence-electron chi connectivity index (χ4n) is 2.93. The SMILES string of the molecule is CC(C)c1nc(N(C)C)c(C=CC=O)c(-c2ccc(F)cc2)c1C=CC=O. The van der Waals surface area contributed by atoms with Gasteiger partial charge in [0.25, 0.3) is 0 Å². The zero-order chi connectivity index (χ0) is 20.0. The Hall–Kier alpha value is -3.08. The second-order valence-corrected chi connectivity index (χ2v) is 6.57. The number of rotatable bonds is 7. The molecule has 0 fully saturated rings. The number of aldehydes is 2. The molecule has 2 aromatic rings. The molecule has 0 saturated carbocycles. The van der Waals surface area contributed by atoms with Crippen molar-refractivity contribution in [3.8, 4) is 11.1 Å². The van der Waals surface area contributed by atoms with Gasteiger partial charge < -0.3 is 4.90 Å². The van der Waals surface area contributed by atoms with E-state index in [1.807, 2.05) is 32.8 Å². The van der Waals surface area contributed by atoms with Crippen molar-refractivity contribution in [1.29, 1.82) is 0 Å². The summed E-state index contributed by atoms with van der Waals surface area (Å²) in [5.74, 6) is 0.456. The molecule has 1 aromatic heterocycles. The van der Waals surface area contributed by atoms with Gasteiger partial charge in [-0.05, 0) is 47.9 Å². The lowest BCUT2D eigenvalue weighted by atomic mass is 9.89. The fourth-order valence-corrected chi connectivity index (χ4v) is 2.93. The molecule has 2 rings (SSSR count). The third-order valence-corrected chi connectivity index (χ3v) is 4.07. The average Bonchev–Trinajstić information content (AvgIpc) is 2.64. The molecular formula is C22H23FN2O2. The van der Waals surface area contributed by atoms with E-state index in [-0.39, 0.29) is 11.7 Å². The summed E-state index contributed by atoms with van der Waals surface area (Å²) in [7, 11) is 3.75. The van der Waals surface area contributed by atoms with Gasteiger partial charge in [0.05, 0.1) is 5.69 Å². The van der Waals surface area contributed by atoms with Crippen molar-refractivity contribution in [2.24, 2.45) is 0 Å². The van der Waals surface area contributed by atoms with E-state index in [9.17, 15) is 14.0 Å². The molecule has 1 aromatic carbocycles. The first-order valence-electron chi connectivity index (χ1n) is 8.65. The van der Waals surface area contributed by atoms with Crippen molar-refractivity contribution in [2.45, 2.75) is 19.8 Å². The summed E-state index contributed by atoms with van der Waals surface area (Å²) in [6, 6.07) is 6.15. The quantitative estimate of drug-likeness (QED) is 0.535. The Balaban J connectivity index is 3.00. The molecular weight excluding hydrogens is 343 g/mol. The lowest BCUT2D eigenvalue weighted by Crippen LogP contribution is -2.16. The molecule has 140 valence electrons. The van der Waals surface area contributed by atoms with Crippen LogP contribution in [0.25, 0.3) is 23.3 Å². The van der Waals surface area contributed by atoms with Gasteiger partial charge in [-0.2, -0.15) is 0 Å². The van der Waals surface area contributed by atoms with Crippen LogP contribution in [0.15, 0.2) is 36.4 Å². The highest BCUT2D eigenvalue weighted by molar-refractivity contribution is 5.92. The maximum atomic E-state index is 13.5. The van der Waals surface area contributed by atoms with E-state index in [0.717, 1.165) is 27.9 Å². The van der Waals surface area contributed by atoms with Crippen molar-refractivity contribution in [2.75, 3.05) is 19.0 Å². The fraction of sp³-hybridized carbons (Fsp3) is 0.227. The third kappa shape index (κ3) is 4.56. The van der Waals surface area contributed by atoms with Crippen molar-refractivity contribution in [3.05, 3.63) is 59.1 Å². The molecule has 0 atom stereocenters. The average molecular weight is 366 g/mol. The maximum Gasteiger partial charge on any atom is 0.142 e. The number of aromatic nitrogens is 1. The highest BCUT2D eigenvalue weighted by Crippen LogP contribution is 2.38. The van der Waals surface area contributed by atoms with E-state index in [1.54, 1.807) is 24.3 Å². The first-order chi connectivity index (χ1) is 12.9. The lowest BCUT2D eigenvalue weighted by Gasteiger charge is -2.24. The van der Waals surface area contributed by atoms with Gasteiger partial charge in [0, 0.05) is 30.8 Å². The topological polar surface area (TPSA) is 50.3 Å². The monoisotopic (exact) mass is 366 g/mol. The van der Waals surface area contributed by atoms with Gasteiger partial charge in [0.1, 0.15) is 24.2 Å². The van der Waals surface area contributed by atoms with Gasteiger partial charge in [-0.15, -0.1) is 0 Å². The van der Waals surface area contributed by atoms with Crippen LogP contribution in [0.5, 0.6) is 0 Å². The number of allylic oxidation sites excluding steroid dienone is 2. The van der Waals surface area contributed by atoms with Crippen molar-refractivity contribution in [1.82, 2.24) is 4.98 Å². The number of hydrogen-bond donors (Lipinski definition) is 0. The molecule has 0 aliphatic heterocycles. The molecule has 0 unspecified atom stereocenters. The highest BCUT2D eigenvalue weighted by atomic mass is 19.1. The van der Waals surface area contributed by atoms with Gasteiger partial charge >= 0.3 is 0 Å². The third-order valence-electron chi connectivity index (χ3n) is 4.07. The van der Waals surface area contributed by atoms with Gasteiger partial charge in [-0.3, -0.25) is 9.59 Å². The Kier molecular flexibility index (Phi) is 6.77. The van der Waals surface area contributed by atoms with Crippen LogP contribution >= 0.6 is 0 Å². The molecule has 0 radical (unpaired) electrons. The molecule has 27 heavy (non-hydrogen) atoms. The Labute approximate surface area is 159 Å².